The third kappa shape index (κ3) is 9.20. The van der Waals surface area contributed by atoms with Crippen LogP contribution >= 0.6 is 15.7 Å². The molecule has 0 saturated carbocycles. The maximum absolute atomic E-state index is 15.2. The highest BCUT2D eigenvalue weighted by Gasteiger charge is 2.47. The van der Waals surface area contributed by atoms with Crippen LogP contribution in [0.15, 0.2) is 0 Å². The molecular weight excluding hydrogens is 468 g/mol. The van der Waals surface area contributed by atoms with Gasteiger partial charge in [0, 0.05) is 24.5 Å². The summed E-state index contributed by atoms with van der Waals surface area (Å²) in [5, 5.41) is 8.87. The number of rotatable bonds is 13. The molecule has 6 atom stereocenters. The number of ether oxygens (including phenoxy) is 2. The topological polar surface area (TPSA) is 98.1 Å². The first-order chi connectivity index (χ1) is 15.2. The zero-order valence-corrected chi connectivity index (χ0v) is 22.7. The van der Waals surface area contributed by atoms with Gasteiger partial charge in [-0.2, -0.15) is 5.26 Å². The van der Waals surface area contributed by atoms with Crippen LogP contribution < -0.4 is 0 Å². The molecular formula is C21H38BFN2O6P2. The van der Waals surface area contributed by atoms with Crippen molar-refractivity contribution in [3.8, 4) is 6.07 Å². The number of halogens is 1. The molecule has 8 nitrogen and oxygen atoms in total. The van der Waals surface area contributed by atoms with Gasteiger partial charge in [-0.15, -0.1) is 0 Å². The number of hydrogen-bond donors (Lipinski definition) is 0. The average molecular weight is 506 g/mol. The first-order valence-electron chi connectivity index (χ1n) is 11.3. The summed E-state index contributed by atoms with van der Waals surface area (Å²) < 4.78 is 52.9. The summed E-state index contributed by atoms with van der Waals surface area (Å²) in [6.45, 7) is 14.1. The fraction of sp³-hybridized carbons (Fsp3) is 0.905. The predicted octanol–water partition coefficient (Wildman–Crippen LogP) is 4.42. The Kier molecular flexibility index (Phi) is 12.5. The van der Waals surface area contributed by atoms with E-state index in [1.54, 1.807) is 13.8 Å². The van der Waals surface area contributed by atoms with Crippen LogP contribution in [0.2, 0.25) is 0 Å². The molecule has 1 aliphatic rings. The van der Waals surface area contributed by atoms with Gasteiger partial charge >= 0.3 is 5.97 Å². The number of carbonyl (C=O) groups is 1. The summed E-state index contributed by atoms with van der Waals surface area (Å²) in [6, 6.07) is 1.31. The molecule has 1 rings (SSSR count). The maximum atomic E-state index is 15.2. The molecule has 0 aromatic carbocycles. The van der Waals surface area contributed by atoms with E-state index in [0.29, 0.717) is 0 Å². The van der Waals surface area contributed by atoms with E-state index in [-0.39, 0.29) is 31.5 Å². The van der Waals surface area contributed by atoms with Crippen LogP contribution in [0.4, 0.5) is 4.39 Å². The normalized spacial score (nSPS) is 24.3. The molecule has 0 aromatic heterocycles. The van der Waals surface area contributed by atoms with Crippen LogP contribution in [0, 0.1) is 17.2 Å². The molecule has 0 amide bonds. The Morgan fingerprint density at radius 3 is 2.30 bits per heavy atom. The SMILES string of the molecule is [B][C@@H]1O[C@H](C(OC(=O)C(C)C)C(F)P(C)(C)=O)CC1OP(OCCC#N)N(C(C)C)C(C)C. The molecule has 0 bridgehead atoms. The zero-order chi connectivity index (χ0) is 25.5. The van der Waals surface area contributed by atoms with Crippen LogP contribution in [-0.4, -0.2) is 80.7 Å². The van der Waals surface area contributed by atoms with Crippen LogP contribution in [0.3, 0.4) is 0 Å². The Balaban J connectivity index is 3.09. The van der Waals surface area contributed by atoms with Crippen molar-refractivity contribution in [2.75, 3.05) is 19.9 Å². The van der Waals surface area contributed by atoms with E-state index in [9.17, 15) is 9.36 Å². The van der Waals surface area contributed by atoms with Gasteiger partial charge in [-0.05, 0) is 41.0 Å². The molecule has 1 heterocycles. The van der Waals surface area contributed by atoms with E-state index < -0.39 is 57.8 Å². The van der Waals surface area contributed by atoms with E-state index in [1.165, 1.54) is 13.3 Å². The summed E-state index contributed by atoms with van der Waals surface area (Å²) in [7, 11) is 1.33. The predicted molar refractivity (Wildman–Crippen MR) is 128 cm³/mol. The van der Waals surface area contributed by atoms with Crippen molar-refractivity contribution in [2.24, 2.45) is 5.92 Å². The van der Waals surface area contributed by atoms with Crippen molar-refractivity contribution in [3.05, 3.63) is 0 Å². The highest BCUT2D eigenvalue weighted by molar-refractivity contribution is 7.62. The van der Waals surface area contributed by atoms with Crippen molar-refractivity contribution < 1.29 is 32.3 Å². The Hall–Kier alpha value is -0.545. The fourth-order valence-corrected chi connectivity index (χ4v) is 6.07. The van der Waals surface area contributed by atoms with Crippen molar-refractivity contribution in [2.45, 2.75) is 96.7 Å². The number of nitrogens with zero attached hydrogens (tertiary/aromatic N) is 2. The summed E-state index contributed by atoms with van der Waals surface area (Å²) >= 11 is 0. The third-order valence-electron chi connectivity index (χ3n) is 5.01. The average Bonchev–Trinajstić information content (AvgIpc) is 3.04. The van der Waals surface area contributed by atoms with Gasteiger partial charge in [0.15, 0.2) is 12.0 Å². The summed E-state index contributed by atoms with van der Waals surface area (Å²) in [5.74, 6) is -2.99. The fourth-order valence-electron chi connectivity index (χ4n) is 3.37. The second-order valence-corrected chi connectivity index (χ2v) is 14.2. The highest BCUT2D eigenvalue weighted by Crippen LogP contribution is 2.51. The lowest BCUT2D eigenvalue weighted by Gasteiger charge is -2.37. The van der Waals surface area contributed by atoms with Crippen LogP contribution in [0.25, 0.3) is 0 Å². The zero-order valence-electron chi connectivity index (χ0n) is 20.9. The van der Waals surface area contributed by atoms with Gasteiger partial charge in [0.2, 0.25) is 0 Å². The van der Waals surface area contributed by atoms with Crippen LogP contribution in [0.1, 0.15) is 54.4 Å². The first kappa shape index (κ1) is 30.5. The number of alkyl halides is 1. The Morgan fingerprint density at radius 1 is 1.27 bits per heavy atom. The van der Waals surface area contributed by atoms with Gasteiger partial charge < -0.3 is 23.1 Å². The van der Waals surface area contributed by atoms with E-state index in [1.807, 2.05) is 38.4 Å². The van der Waals surface area contributed by atoms with Crippen molar-refractivity contribution in [1.82, 2.24) is 4.67 Å². The van der Waals surface area contributed by atoms with E-state index in [4.69, 9.17) is 31.6 Å². The number of hydrogen-bond acceptors (Lipinski definition) is 8. The molecule has 33 heavy (non-hydrogen) atoms. The highest BCUT2D eigenvalue weighted by atomic mass is 31.2. The second-order valence-electron chi connectivity index (χ2n) is 9.43. The van der Waals surface area contributed by atoms with Gasteiger partial charge in [-0.25, -0.2) is 9.06 Å². The lowest BCUT2D eigenvalue weighted by atomic mass is 9.94. The minimum Gasteiger partial charge on any atom is -0.456 e. The molecule has 12 heteroatoms. The number of esters is 1. The Morgan fingerprint density at radius 2 is 1.85 bits per heavy atom. The quantitative estimate of drug-likeness (QED) is 0.157. The molecule has 188 valence electrons. The monoisotopic (exact) mass is 506 g/mol. The third-order valence-corrected chi connectivity index (χ3v) is 8.64. The van der Waals surface area contributed by atoms with Gasteiger partial charge in [0.1, 0.15) is 15.0 Å². The van der Waals surface area contributed by atoms with Crippen molar-refractivity contribution in [1.29, 1.82) is 5.26 Å². The molecule has 2 radical (unpaired) electrons. The number of nitriles is 1. The Bertz CT molecular complexity index is 709. The van der Waals surface area contributed by atoms with Crippen LogP contribution in [0.5, 0.6) is 0 Å². The van der Waals surface area contributed by atoms with Gasteiger partial charge in [-0.3, -0.25) is 4.79 Å². The summed E-state index contributed by atoms with van der Waals surface area (Å²) in [6.07, 6.45) is -2.59. The molecule has 4 unspecified atom stereocenters. The lowest BCUT2D eigenvalue weighted by Crippen LogP contribution is -2.40. The van der Waals surface area contributed by atoms with E-state index >= 15 is 4.39 Å². The summed E-state index contributed by atoms with van der Waals surface area (Å²) in [4.78, 5) is 12.2. The molecule has 0 N–H and O–H groups in total. The maximum Gasteiger partial charge on any atom is 0.308 e. The van der Waals surface area contributed by atoms with Crippen molar-refractivity contribution in [3.63, 3.8) is 0 Å². The van der Waals surface area contributed by atoms with Gasteiger partial charge in [0.05, 0.1) is 37.2 Å². The lowest BCUT2D eigenvalue weighted by molar-refractivity contribution is -0.162. The second kappa shape index (κ2) is 13.5. The first-order valence-corrected chi connectivity index (χ1v) is 15.1. The van der Waals surface area contributed by atoms with Crippen LogP contribution in [-0.2, 0) is 27.9 Å². The van der Waals surface area contributed by atoms with E-state index in [2.05, 4.69) is 0 Å². The van der Waals surface area contributed by atoms with E-state index in [0.717, 1.165) is 0 Å². The minimum atomic E-state index is -3.24. The molecule has 1 saturated heterocycles. The molecule has 0 spiro atoms. The molecule has 0 aromatic rings. The molecule has 0 aliphatic carbocycles. The van der Waals surface area contributed by atoms with Gasteiger partial charge in [0.25, 0.3) is 8.53 Å². The summed E-state index contributed by atoms with van der Waals surface area (Å²) in [5.41, 5.74) is 0. The smallest absolute Gasteiger partial charge is 0.308 e. The standard InChI is InChI=1S/C21H38BFN2O6P2/c1-13(2)21(26)30-18(20(23)33(7,8)27)16-12-17(19(22)29-16)31-32(28-11-9-10-24)25(14(3)4)15(5)6/h13-20H,9,11-12H2,1-8H3/t16-,17?,18?,19+,20?,32?/m0/s1. The number of carbonyl (C=O) groups excluding carboxylic acids is 1. The largest absolute Gasteiger partial charge is 0.456 e. The minimum absolute atomic E-state index is 0.0913. The van der Waals surface area contributed by atoms with Gasteiger partial charge in [-0.1, -0.05) is 13.8 Å². The Labute approximate surface area is 200 Å². The molecule has 1 aliphatic heterocycles. The van der Waals surface area contributed by atoms with Crippen molar-refractivity contribution >= 4 is 29.5 Å². The molecule has 1 fully saturated rings.